The maximum absolute atomic E-state index is 13.1. The summed E-state index contributed by atoms with van der Waals surface area (Å²) in [6, 6.07) is 20.2. The maximum Gasteiger partial charge on any atom is 0.243 e. The summed E-state index contributed by atoms with van der Waals surface area (Å²) >= 11 is 0. The molecule has 0 spiro atoms. The second-order valence-corrected chi connectivity index (χ2v) is 12.6. The number of sulfonamides is 1. The molecule has 3 aromatic rings. The highest BCUT2D eigenvalue weighted by Crippen LogP contribution is 2.29. The summed E-state index contributed by atoms with van der Waals surface area (Å²) < 4.78 is 32.9. The molecule has 0 aliphatic carbocycles. The smallest absolute Gasteiger partial charge is 0.243 e. The van der Waals surface area contributed by atoms with Gasteiger partial charge in [-0.1, -0.05) is 42.0 Å². The Labute approximate surface area is 226 Å². The average molecular weight is 535 g/mol. The first-order valence-electron chi connectivity index (χ1n) is 12.8. The van der Waals surface area contributed by atoms with E-state index in [1.54, 1.807) is 43.5 Å². The van der Waals surface area contributed by atoms with Gasteiger partial charge in [-0.25, -0.2) is 8.42 Å². The van der Waals surface area contributed by atoms with Crippen LogP contribution in [0.4, 0.5) is 0 Å². The van der Waals surface area contributed by atoms with Crippen molar-refractivity contribution in [1.82, 2.24) is 9.21 Å². The molecule has 202 valence electrons. The Kier molecular flexibility index (Phi) is 8.25. The van der Waals surface area contributed by atoms with Crippen molar-refractivity contribution in [3.63, 3.8) is 0 Å². The van der Waals surface area contributed by atoms with Crippen LogP contribution in [-0.4, -0.2) is 49.3 Å². The Bertz CT molecular complexity index is 1390. The van der Waals surface area contributed by atoms with Gasteiger partial charge in [0.15, 0.2) is 0 Å². The van der Waals surface area contributed by atoms with Crippen LogP contribution in [0.5, 0.6) is 5.75 Å². The van der Waals surface area contributed by atoms with Gasteiger partial charge in [-0.2, -0.15) is 4.31 Å². The van der Waals surface area contributed by atoms with E-state index in [1.807, 2.05) is 37.3 Å². The van der Waals surface area contributed by atoms with E-state index in [-0.39, 0.29) is 22.9 Å². The van der Waals surface area contributed by atoms with Gasteiger partial charge in [0.1, 0.15) is 5.75 Å². The zero-order valence-corrected chi connectivity index (χ0v) is 23.6. The van der Waals surface area contributed by atoms with Crippen molar-refractivity contribution in [3.8, 4) is 5.75 Å². The van der Waals surface area contributed by atoms with Crippen LogP contribution in [0.15, 0.2) is 76.6 Å². The van der Waals surface area contributed by atoms with Crippen molar-refractivity contribution in [2.45, 2.75) is 57.8 Å². The molecule has 8 heteroatoms. The number of benzene rings is 3. The fraction of sp³-hybridized carbons (Fsp3) is 0.367. The Morgan fingerprint density at radius 2 is 1.66 bits per heavy atom. The molecule has 38 heavy (non-hydrogen) atoms. The van der Waals surface area contributed by atoms with Crippen LogP contribution >= 0.6 is 0 Å². The highest BCUT2D eigenvalue weighted by atomic mass is 32.2. The number of hydrogen-bond donors (Lipinski definition) is 0. The van der Waals surface area contributed by atoms with E-state index in [2.05, 4.69) is 30.7 Å². The quantitative estimate of drug-likeness (QED) is 0.305. The molecule has 0 radical (unpaired) electrons. The Morgan fingerprint density at radius 1 is 1.00 bits per heavy atom. The van der Waals surface area contributed by atoms with Crippen molar-refractivity contribution in [2.75, 3.05) is 20.2 Å². The molecule has 0 unspecified atom stereocenters. The summed E-state index contributed by atoms with van der Waals surface area (Å²) in [5, 5.41) is 12.9. The zero-order chi connectivity index (χ0) is 27.5. The summed E-state index contributed by atoms with van der Waals surface area (Å²) in [6.45, 7) is 10.6. The fourth-order valence-corrected chi connectivity index (χ4v) is 5.89. The molecule has 0 N–H and O–H groups in total. The standard InChI is InChI=1S/C30H37N3O4S/c1-22-6-14-28(15-7-22)38(35,36)33-20-25-11-10-24(18-26(25)21-33)29(34)31-16-17-32(30(2,3)4)19-23-8-12-27(37-5)13-9-23/h6-15,18H,16-17,19-21H2,1-5H3,(H,31,34)/p-1. The SMILES string of the molecule is COc1ccc(CN(CCN=C([O-])c2ccc3c(c2)CN(S(=O)(=O)c2ccc(C)cc2)C3)C(C)(C)C)cc1. The van der Waals surface area contributed by atoms with E-state index in [0.717, 1.165) is 34.5 Å². The monoisotopic (exact) mass is 534 g/mol. The van der Waals surface area contributed by atoms with Crippen molar-refractivity contribution >= 4 is 15.9 Å². The molecule has 0 fully saturated rings. The van der Waals surface area contributed by atoms with Gasteiger partial charge in [-0.15, -0.1) is 0 Å². The third-order valence-corrected chi connectivity index (χ3v) is 8.72. The first-order chi connectivity index (χ1) is 18.0. The molecule has 0 bridgehead atoms. The van der Waals surface area contributed by atoms with Crippen LogP contribution in [0, 0.1) is 6.92 Å². The maximum atomic E-state index is 13.1. The summed E-state index contributed by atoms with van der Waals surface area (Å²) in [4.78, 5) is 6.91. The van der Waals surface area contributed by atoms with Crippen LogP contribution in [-0.2, 0) is 29.7 Å². The zero-order valence-electron chi connectivity index (χ0n) is 22.8. The lowest BCUT2D eigenvalue weighted by molar-refractivity contribution is -0.213. The first kappa shape index (κ1) is 27.8. The first-order valence-corrected chi connectivity index (χ1v) is 14.2. The molecule has 7 nitrogen and oxygen atoms in total. The van der Waals surface area contributed by atoms with Gasteiger partial charge < -0.3 is 9.84 Å². The number of nitrogens with zero attached hydrogens (tertiary/aromatic N) is 3. The predicted molar refractivity (Wildman–Crippen MR) is 149 cm³/mol. The van der Waals surface area contributed by atoms with Crippen molar-refractivity contribution < 1.29 is 18.3 Å². The van der Waals surface area contributed by atoms with Crippen LogP contribution < -0.4 is 9.84 Å². The molecular weight excluding hydrogens is 498 g/mol. The molecule has 1 aliphatic rings. The van der Waals surface area contributed by atoms with Crippen molar-refractivity contribution in [2.24, 2.45) is 4.99 Å². The summed E-state index contributed by atoms with van der Waals surface area (Å²) in [5.74, 6) is 0.535. The van der Waals surface area contributed by atoms with Crippen LogP contribution in [0.1, 0.15) is 48.6 Å². The number of methoxy groups -OCH3 is 1. The molecule has 0 saturated carbocycles. The minimum absolute atomic E-state index is 0.0987. The minimum atomic E-state index is -3.61. The summed E-state index contributed by atoms with van der Waals surface area (Å²) in [7, 11) is -1.96. The predicted octanol–water partition coefficient (Wildman–Crippen LogP) is 4.12. The number of hydrogen-bond acceptors (Lipinski definition) is 6. The molecule has 0 saturated heterocycles. The van der Waals surface area contributed by atoms with Gasteiger partial charge in [0, 0.05) is 31.7 Å². The molecule has 0 atom stereocenters. The van der Waals surface area contributed by atoms with Crippen LogP contribution in [0.3, 0.4) is 0 Å². The second-order valence-electron chi connectivity index (χ2n) is 10.7. The minimum Gasteiger partial charge on any atom is -0.858 e. The van der Waals surface area contributed by atoms with Crippen LogP contribution in [0.25, 0.3) is 0 Å². The number of fused-ring (bicyclic) bond motifs is 1. The van der Waals surface area contributed by atoms with Crippen LogP contribution in [0.2, 0.25) is 0 Å². The van der Waals surface area contributed by atoms with Gasteiger partial charge in [0.2, 0.25) is 10.0 Å². The second kappa shape index (κ2) is 11.3. The van der Waals surface area contributed by atoms with Gasteiger partial charge in [0.25, 0.3) is 0 Å². The summed E-state index contributed by atoms with van der Waals surface area (Å²) in [6.07, 6.45) is 0. The molecule has 4 rings (SSSR count). The molecule has 1 aliphatic heterocycles. The average Bonchev–Trinajstić information content (AvgIpc) is 3.32. The molecule has 0 aromatic heterocycles. The van der Waals surface area contributed by atoms with Gasteiger partial charge in [-0.05, 0) is 86.2 Å². The highest BCUT2D eigenvalue weighted by Gasteiger charge is 2.30. The fourth-order valence-electron chi connectivity index (χ4n) is 4.49. The van der Waals surface area contributed by atoms with E-state index in [1.165, 1.54) is 4.31 Å². The van der Waals surface area contributed by atoms with Gasteiger partial charge >= 0.3 is 0 Å². The molecule has 0 amide bonds. The van der Waals surface area contributed by atoms with E-state index >= 15 is 0 Å². The third-order valence-electron chi connectivity index (χ3n) is 6.91. The lowest BCUT2D eigenvalue weighted by Crippen LogP contribution is -2.42. The number of aliphatic imine (C=N–C) groups is 1. The summed E-state index contributed by atoms with van der Waals surface area (Å²) in [5.41, 5.74) is 4.31. The van der Waals surface area contributed by atoms with E-state index < -0.39 is 10.0 Å². The molecule has 3 aromatic carbocycles. The topological polar surface area (TPSA) is 85.3 Å². The molecule has 1 heterocycles. The highest BCUT2D eigenvalue weighted by molar-refractivity contribution is 7.89. The lowest BCUT2D eigenvalue weighted by atomic mass is 10.0. The molecular formula is C30H36N3O4S-. The largest absolute Gasteiger partial charge is 0.858 e. The van der Waals surface area contributed by atoms with Crippen molar-refractivity contribution in [3.05, 3.63) is 94.5 Å². The van der Waals surface area contributed by atoms with E-state index in [9.17, 15) is 13.5 Å². The lowest BCUT2D eigenvalue weighted by Gasteiger charge is -2.35. The van der Waals surface area contributed by atoms with Gasteiger partial charge in [-0.3, -0.25) is 9.89 Å². The Morgan fingerprint density at radius 3 is 2.29 bits per heavy atom. The van der Waals surface area contributed by atoms with Crippen molar-refractivity contribution in [1.29, 1.82) is 0 Å². The number of ether oxygens (including phenoxy) is 1. The van der Waals surface area contributed by atoms with E-state index in [4.69, 9.17) is 4.74 Å². The van der Waals surface area contributed by atoms with E-state index in [0.29, 0.717) is 25.2 Å². The number of aryl methyl sites for hydroxylation is 1. The Balaban J connectivity index is 1.42. The third kappa shape index (κ3) is 6.43. The normalized spacial score (nSPS) is 14.6. The number of rotatable bonds is 9. The van der Waals surface area contributed by atoms with Gasteiger partial charge in [0.05, 0.1) is 18.6 Å². The Hall–Kier alpha value is -3.20.